The second-order valence-corrected chi connectivity index (χ2v) is 6.24. The molecule has 84 valence electrons. The molecule has 0 fully saturated rings. The Bertz CT molecular complexity index is 452. The predicted octanol–water partition coefficient (Wildman–Crippen LogP) is 1.83. The number of benzene rings is 1. The van der Waals surface area contributed by atoms with Crippen LogP contribution < -0.4 is 5.73 Å². The molecule has 0 heterocycles. The molecule has 0 aliphatic heterocycles. The number of hydrogen-bond donors (Lipinski definition) is 1. The molecule has 0 saturated heterocycles. The van der Waals surface area contributed by atoms with Crippen LogP contribution in [0.15, 0.2) is 28.0 Å². The van der Waals surface area contributed by atoms with Gasteiger partial charge in [0.15, 0.2) is 9.84 Å². The third-order valence-electron chi connectivity index (χ3n) is 2.10. The van der Waals surface area contributed by atoms with E-state index in [0.29, 0.717) is 4.90 Å². The third kappa shape index (κ3) is 2.74. The van der Waals surface area contributed by atoms with Crippen LogP contribution >= 0.6 is 11.8 Å². The van der Waals surface area contributed by atoms with E-state index < -0.39 is 9.84 Å². The number of hydrogen-bond acceptors (Lipinski definition) is 4. The van der Waals surface area contributed by atoms with Crippen LogP contribution in [0, 0.1) is 0 Å². The van der Waals surface area contributed by atoms with Gasteiger partial charge in [-0.25, -0.2) is 8.42 Å². The van der Waals surface area contributed by atoms with E-state index in [4.69, 9.17) is 5.73 Å². The molecule has 0 aliphatic rings. The number of nitrogens with two attached hydrogens (primary N) is 1. The molecule has 0 spiro atoms. The van der Waals surface area contributed by atoms with Crippen molar-refractivity contribution < 1.29 is 8.42 Å². The Morgan fingerprint density at radius 3 is 2.40 bits per heavy atom. The van der Waals surface area contributed by atoms with Gasteiger partial charge in [-0.15, -0.1) is 11.8 Å². The molecule has 0 amide bonds. The van der Waals surface area contributed by atoms with Crippen molar-refractivity contribution in [2.24, 2.45) is 5.73 Å². The molecule has 0 aromatic heterocycles. The Morgan fingerprint density at radius 2 is 2.00 bits per heavy atom. The first-order chi connectivity index (χ1) is 6.88. The van der Waals surface area contributed by atoms with Gasteiger partial charge >= 0.3 is 0 Å². The lowest BCUT2D eigenvalue weighted by molar-refractivity contribution is 0.599. The summed E-state index contributed by atoms with van der Waals surface area (Å²) in [4.78, 5) is 1.12. The van der Waals surface area contributed by atoms with Gasteiger partial charge in [-0.1, -0.05) is 12.1 Å². The fraction of sp³-hybridized carbons (Fsp3) is 0.400. The van der Waals surface area contributed by atoms with Crippen LogP contribution in [0.4, 0.5) is 0 Å². The number of thioether (sulfide) groups is 1. The van der Waals surface area contributed by atoms with Gasteiger partial charge in [-0.3, -0.25) is 0 Å². The van der Waals surface area contributed by atoms with Gasteiger partial charge in [-0.2, -0.15) is 0 Å². The summed E-state index contributed by atoms with van der Waals surface area (Å²) in [6.07, 6.45) is 3.07. The van der Waals surface area contributed by atoms with Crippen molar-refractivity contribution in [2.75, 3.05) is 12.5 Å². The summed E-state index contributed by atoms with van der Waals surface area (Å²) in [7, 11) is -3.18. The first-order valence-electron chi connectivity index (χ1n) is 4.50. The molecule has 0 aliphatic carbocycles. The maximum atomic E-state index is 11.5. The largest absolute Gasteiger partial charge is 0.324 e. The molecule has 1 rings (SSSR count). The smallest absolute Gasteiger partial charge is 0.176 e. The molecule has 15 heavy (non-hydrogen) atoms. The molecule has 1 aromatic rings. The summed E-state index contributed by atoms with van der Waals surface area (Å²) in [6, 6.07) is 5.06. The fourth-order valence-corrected chi connectivity index (χ4v) is 3.65. The van der Waals surface area contributed by atoms with Crippen LogP contribution in [-0.2, 0) is 9.84 Å². The van der Waals surface area contributed by atoms with Crippen molar-refractivity contribution in [2.45, 2.75) is 22.8 Å². The maximum absolute atomic E-state index is 11.5. The molecule has 2 N–H and O–H groups in total. The zero-order valence-corrected chi connectivity index (χ0v) is 10.7. The van der Waals surface area contributed by atoms with Gasteiger partial charge in [0.05, 0.1) is 4.90 Å². The topological polar surface area (TPSA) is 60.2 Å². The summed E-state index contributed by atoms with van der Waals surface area (Å²) in [5.41, 5.74) is 6.67. The highest BCUT2D eigenvalue weighted by atomic mass is 32.2. The highest BCUT2D eigenvalue weighted by Crippen LogP contribution is 2.31. The normalized spacial score (nSPS) is 13.9. The Balaban J connectivity index is 3.49. The van der Waals surface area contributed by atoms with Crippen LogP contribution in [0.3, 0.4) is 0 Å². The summed E-state index contributed by atoms with van der Waals surface area (Å²) >= 11 is 1.42. The van der Waals surface area contributed by atoms with Gasteiger partial charge in [0.1, 0.15) is 0 Å². The zero-order chi connectivity index (χ0) is 11.6. The van der Waals surface area contributed by atoms with Crippen LogP contribution in [0.1, 0.15) is 18.5 Å². The minimum absolute atomic E-state index is 0.158. The molecule has 1 aromatic carbocycles. The van der Waals surface area contributed by atoms with Crippen LogP contribution in [0.2, 0.25) is 0 Å². The summed E-state index contributed by atoms with van der Waals surface area (Å²) in [5.74, 6) is 0. The van der Waals surface area contributed by atoms with E-state index in [1.807, 2.05) is 19.2 Å². The van der Waals surface area contributed by atoms with Crippen molar-refractivity contribution in [3.8, 4) is 0 Å². The monoisotopic (exact) mass is 245 g/mol. The number of rotatable bonds is 3. The van der Waals surface area contributed by atoms with Crippen molar-refractivity contribution in [3.05, 3.63) is 23.8 Å². The molecule has 3 nitrogen and oxygen atoms in total. The average Bonchev–Trinajstić information content (AvgIpc) is 2.15. The van der Waals surface area contributed by atoms with Crippen molar-refractivity contribution in [1.29, 1.82) is 0 Å². The Kier molecular flexibility index (Phi) is 3.81. The minimum atomic E-state index is -3.18. The first kappa shape index (κ1) is 12.5. The second-order valence-electron chi connectivity index (χ2n) is 3.44. The molecular formula is C10H15NO2S2. The van der Waals surface area contributed by atoms with Crippen LogP contribution in [0.5, 0.6) is 0 Å². The summed E-state index contributed by atoms with van der Waals surface area (Å²) in [6.45, 7) is 1.85. The lowest BCUT2D eigenvalue weighted by Crippen LogP contribution is -2.09. The third-order valence-corrected chi connectivity index (χ3v) is 4.24. The van der Waals surface area contributed by atoms with Crippen molar-refractivity contribution in [1.82, 2.24) is 0 Å². The fourth-order valence-electron chi connectivity index (χ4n) is 1.40. The van der Waals surface area contributed by atoms with Crippen molar-refractivity contribution >= 4 is 21.6 Å². The van der Waals surface area contributed by atoms with E-state index in [-0.39, 0.29) is 6.04 Å². The average molecular weight is 245 g/mol. The SMILES string of the molecule is CSc1c(C(C)N)cccc1S(C)(=O)=O. The quantitative estimate of drug-likeness (QED) is 0.825. The first-order valence-corrected chi connectivity index (χ1v) is 7.62. The lowest BCUT2D eigenvalue weighted by Gasteiger charge is -2.14. The van der Waals surface area contributed by atoms with E-state index in [2.05, 4.69) is 0 Å². The van der Waals surface area contributed by atoms with Crippen molar-refractivity contribution in [3.63, 3.8) is 0 Å². The predicted molar refractivity (Wildman–Crippen MR) is 63.9 cm³/mol. The molecule has 0 radical (unpaired) electrons. The molecule has 1 atom stereocenters. The van der Waals surface area contributed by atoms with Gasteiger partial charge in [0, 0.05) is 17.2 Å². The van der Waals surface area contributed by atoms with Gasteiger partial charge in [-0.05, 0) is 24.8 Å². The van der Waals surface area contributed by atoms with E-state index in [0.717, 1.165) is 10.5 Å². The summed E-state index contributed by atoms with van der Waals surface area (Å²) < 4.78 is 23.1. The molecular weight excluding hydrogens is 230 g/mol. The standard InChI is InChI=1S/C10H15NO2S2/c1-7(11)8-5-4-6-9(10(8)14-2)15(3,12)13/h4-7H,11H2,1-3H3. The number of sulfone groups is 1. The zero-order valence-electron chi connectivity index (χ0n) is 9.02. The minimum Gasteiger partial charge on any atom is -0.324 e. The lowest BCUT2D eigenvalue weighted by atomic mass is 10.1. The van der Waals surface area contributed by atoms with Gasteiger partial charge < -0.3 is 5.73 Å². The van der Waals surface area contributed by atoms with Crippen LogP contribution in [-0.4, -0.2) is 20.9 Å². The molecule has 5 heteroatoms. The Hall–Kier alpha value is -0.520. The highest BCUT2D eigenvalue weighted by Gasteiger charge is 2.17. The van der Waals surface area contributed by atoms with Crippen LogP contribution in [0.25, 0.3) is 0 Å². The Labute approximate surface area is 95.0 Å². The molecule has 0 saturated carbocycles. The van der Waals surface area contributed by atoms with E-state index in [1.54, 1.807) is 12.1 Å². The van der Waals surface area contributed by atoms with Gasteiger partial charge in [0.2, 0.25) is 0 Å². The van der Waals surface area contributed by atoms with E-state index in [9.17, 15) is 8.42 Å². The second kappa shape index (κ2) is 4.55. The van der Waals surface area contributed by atoms with E-state index >= 15 is 0 Å². The van der Waals surface area contributed by atoms with E-state index in [1.165, 1.54) is 18.0 Å². The Morgan fingerprint density at radius 1 is 1.40 bits per heavy atom. The highest BCUT2D eigenvalue weighted by molar-refractivity contribution is 7.99. The van der Waals surface area contributed by atoms with Gasteiger partial charge in [0.25, 0.3) is 0 Å². The summed E-state index contributed by atoms with van der Waals surface area (Å²) in [5, 5.41) is 0. The molecule has 0 bridgehead atoms. The maximum Gasteiger partial charge on any atom is 0.176 e. The molecule has 1 unspecified atom stereocenters.